The van der Waals surface area contributed by atoms with E-state index in [0.717, 1.165) is 33.6 Å². The summed E-state index contributed by atoms with van der Waals surface area (Å²) in [5.41, 5.74) is 0.992. The first-order valence-corrected chi connectivity index (χ1v) is 9.30. The Labute approximate surface area is 140 Å². The summed E-state index contributed by atoms with van der Waals surface area (Å²) >= 11 is 1.54. The molecular weight excluding hydrogens is 308 g/mol. The molecule has 2 bridgehead atoms. The van der Waals surface area contributed by atoms with Crippen LogP contribution in [0.15, 0.2) is 6.07 Å². The zero-order valence-corrected chi connectivity index (χ0v) is 14.8. The number of carbonyl (C=O) groups is 1. The van der Waals surface area contributed by atoms with Crippen LogP contribution < -0.4 is 5.32 Å². The second-order valence-electron chi connectivity index (χ2n) is 7.08. The fraction of sp³-hybridized carbons (Fsp3) is 0.647. The van der Waals surface area contributed by atoms with E-state index in [2.05, 4.69) is 22.4 Å². The van der Waals surface area contributed by atoms with Crippen LogP contribution in [0.25, 0.3) is 10.2 Å². The number of hydrogen-bond donors (Lipinski definition) is 1. The monoisotopic (exact) mass is 332 g/mol. The summed E-state index contributed by atoms with van der Waals surface area (Å²) in [5, 5.41) is 8.79. The Morgan fingerprint density at radius 3 is 2.65 bits per heavy atom. The Morgan fingerprint density at radius 2 is 2.00 bits per heavy atom. The van der Waals surface area contributed by atoms with Crippen molar-refractivity contribution in [2.24, 2.45) is 7.05 Å². The first kappa shape index (κ1) is 15.1. The highest BCUT2D eigenvalue weighted by molar-refractivity contribution is 7.20. The standard InChI is InChI=1S/C17H24N4OS/c1-10-14-9-15(23-17(14)21(3)19-10)16(22)18-11-7-12-5-4-6-13(8-11)20(12)2/h9,11-13H,4-8H2,1-3H3,(H,18,22)/t11?,12-,13+. The average molecular weight is 332 g/mol. The Hall–Kier alpha value is -1.40. The molecule has 0 saturated carbocycles. The highest BCUT2D eigenvalue weighted by atomic mass is 32.1. The van der Waals surface area contributed by atoms with Crippen LogP contribution in [0.4, 0.5) is 0 Å². The van der Waals surface area contributed by atoms with Gasteiger partial charge in [-0.3, -0.25) is 9.48 Å². The van der Waals surface area contributed by atoms with Gasteiger partial charge in [-0.1, -0.05) is 6.42 Å². The molecule has 2 aromatic rings. The summed E-state index contributed by atoms with van der Waals surface area (Å²) in [6.45, 7) is 1.99. The molecule has 0 aromatic carbocycles. The van der Waals surface area contributed by atoms with Crippen LogP contribution in [0.1, 0.15) is 47.5 Å². The van der Waals surface area contributed by atoms with Crippen LogP contribution in [0.5, 0.6) is 0 Å². The highest BCUT2D eigenvalue weighted by Gasteiger charge is 2.36. The smallest absolute Gasteiger partial charge is 0.261 e. The lowest BCUT2D eigenvalue weighted by molar-refractivity contribution is 0.0464. The zero-order valence-electron chi connectivity index (χ0n) is 14.0. The van der Waals surface area contributed by atoms with Crippen LogP contribution in [-0.2, 0) is 7.05 Å². The van der Waals surface area contributed by atoms with Gasteiger partial charge in [0.15, 0.2) is 0 Å². The van der Waals surface area contributed by atoms with Crippen LogP contribution >= 0.6 is 11.3 Å². The number of aryl methyl sites for hydroxylation is 2. The van der Waals surface area contributed by atoms with E-state index in [-0.39, 0.29) is 5.91 Å². The summed E-state index contributed by atoms with van der Waals surface area (Å²) < 4.78 is 1.87. The number of rotatable bonds is 2. The minimum absolute atomic E-state index is 0.0817. The molecule has 0 radical (unpaired) electrons. The molecule has 0 aliphatic carbocycles. The molecule has 6 heteroatoms. The fourth-order valence-corrected chi connectivity index (χ4v) is 5.33. The summed E-state index contributed by atoms with van der Waals surface area (Å²) in [7, 11) is 4.18. The maximum absolute atomic E-state index is 12.7. The molecule has 23 heavy (non-hydrogen) atoms. The maximum atomic E-state index is 12.7. The lowest BCUT2D eigenvalue weighted by Gasteiger charge is -2.47. The predicted molar refractivity (Wildman–Crippen MR) is 93.0 cm³/mol. The van der Waals surface area contributed by atoms with E-state index in [1.165, 1.54) is 19.3 Å². The SMILES string of the molecule is Cc1nn(C)c2sc(C(=O)NC3C[C@H]4CCC[C@@H](C3)N4C)cc12. The van der Waals surface area contributed by atoms with Crippen LogP contribution in [-0.4, -0.2) is 45.8 Å². The molecule has 1 amide bonds. The molecule has 2 fully saturated rings. The fourth-order valence-electron chi connectivity index (χ4n) is 4.31. The van der Waals surface area contributed by atoms with E-state index in [1.54, 1.807) is 11.3 Å². The third-order valence-electron chi connectivity index (χ3n) is 5.60. The van der Waals surface area contributed by atoms with Gasteiger partial charge in [0.1, 0.15) is 4.83 Å². The van der Waals surface area contributed by atoms with Gasteiger partial charge in [-0.25, -0.2) is 0 Å². The quantitative estimate of drug-likeness (QED) is 0.920. The minimum atomic E-state index is 0.0817. The summed E-state index contributed by atoms with van der Waals surface area (Å²) in [6.07, 6.45) is 6.05. The van der Waals surface area contributed by atoms with E-state index in [9.17, 15) is 4.79 Å². The lowest BCUT2D eigenvalue weighted by atomic mass is 9.82. The maximum Gasteiger partial charge on any atom is 0.261 e. The largest absolute Gasteiger partial charge is 0.348 e. The first-order chi connectivity index (χ1) is 11.0. The minimum Gasteiger partial charge on any atom is -0.348 e. The van der Waals surface area contributed by atoms with Gasteiger partial charge in [-0.05, 0) is 45.7 Å². The van der Waals surface area contributed by atoms with Crippen molar-refractivity contribution in [1.82, 2.24) is 20.0 Å². The molecule has 4 heterocycles. The van der Waals surface area contributed by atoms with Crippen LogP contribution in [0.2, 0.25) is 0 Å². The molecule has 2 saturated heterocycles. The van der Waals surface area contributed by atoms with Gasteiger partial charge in [0, 0.05) is 30.6 Å². The number of nitrogens with zero attached hydrogens (tertiary/aromatic N) is 3. The van der Waals surface area contributed by atoms with E-state index >= 15 is 0 Å². The predicted octanol–water partition coefficient (Wildman–Crippen LogP) is 2.69. The lowest BCUT2D eigenvalue weighted by Crippen LogP contribution is -2.55. The molecule has 124 valence electrons. The van der Waals surface area contributed by atoms with Crippen molar-refractivity contribution in [3.63, 3.8) is 0 Å². The van der Waals surface area contributed by atoms with Crippen molar-refractivity contribution in [3.05, 3.63) is 16.6 Å². The molecule has 2 aromatic heterocycles. The molecule has 2 aliphatic heterocycles. The van der Waals surface area contributed by atoms with E-state index < -0.39 is 0 Å². The van der Waals surface area contributed by atoms with E-state index in [4.69, 9.17) is 0 Å². The molecule has 4 rings (SSSR count). The molecule has 3 atom stereocenters. The topological polar surface area (TPSA) is 50.2 Å². The highest BCUT2D eigenvalue weighted by Crippen LogP contribution is 2.33. The van der Waals surface area contributed by atoms with Crippen LogP contribution in [0.3, 0.4) is 0 Å². The van der Waals surface area contributed by atoms with Crippen LogP contribution in [0, 0.1) is 6.92 Å². The molecule has 5 nitrogen and oxygen atoms in total. The van der Waals surface area contributed by atoms with Gasteiger partial charge >= 0.3 is 0 Å². The second-order valence-corrected chi connectivity index (χ2v) is 8.11. The Bertz CT molecular complexity index is 701. The first-order valence-electron chi connectivity index (χ1n) is 8.49. The van der Waals surface area contributed by atoms with Gasteiger partial charge in [-0.15, -0.1) is 11.3 Å². The molecule has 1 N–H and O–H groups in total. The van der Waals surface area contributed by atoms with Crippen molar-refractivity contribution < 1.29 is 4.79 Å². The average Bonchev–Trinajstić information content (AvgIpc) is 3.03. The summed E-state index contributed by atoms with van der Waals surface area (Å²) in [6, 6.07) is 3.59. The number of carbonyl (C=O) groups excluding carboxylic acids is 1. The van der Waals surface area contributed by atoms with Gasteiger partial charge in [0.25, 0.3) is 5.91 Å². The van der Waals surface area contributed by atoms with Crippen molar-refractivity contribution >= 4 is 27.5 Å². The van der Waals surface area contributed by atoms with Gasteiger partial charge in [0.05, 0.1) is 10.6 Å². The molecule has 1 unspecified atom stereocenters. The number of thiophene rings is 1. The summed E-state index contributed by atoms with van der Waals surface area (Å²) in [4.78, 5) is 17.1. The number of amides is 1. The number of nitrogens with one attached hydrogen (secondary N) is 1. The number of hydrogen-bond acceptors (Lipinski definition) is 4. The molecule has 2 aliphatic rings. The van der Waals surface area contributed by atoms with Crippen molar-refractivity contribution in [2.45, 2.75) is 57.2 Å². The summed E-state index contributed by atoms with van der Waals surface area (Å²) in [5.74, 6) is 0.0817. The Morgan fingerprint density at radius 1 is 1.30 bits per heavy atom. The van der Waals surface area contributed by atoms with Gasteiger partial charge < -0.3 is 10.2 Å². The third-order valence-corrected chi connectivity index (χ3v) is 6.80. The van der Waals surface area contributed by atoms with Crippen molar-refractivity contribution in [1.29, 1.82) is 0 Å². The zero-order chi connectivity index (χ0) is 16.1. The Kier molecular flexibility index (Phi) is 3.69. The number of piperidine rings is 2. The Balaban J connectivity index is 1.50. The van der Waals surface area contributed by atoms with Crippen molar-refractivity contribution in [2.75, 3.05) is 7.05 Å². The molecular formula is C17H24N4OS. The number of aromatic nitrogens is 2. The molecule has 0 spiro atoms. The second kappa shape index (κ2) is 5.60. The van der Waals surface area contributed by atoms with Gasteiger partial charge in [-0.2, -0.15) is 5.10 Å². The normalized spacial score (nSPS) is 28.2. The number of fused-ring (bicyclic) bond motifs is 3. The van der Waals surface area contributed by atoms with Crippen molar-refractivity contribution in [3.8, 4) is 0 Å². The van der Waals surface area contributed by atoms with E-state index in [1.807, 2.05) is 24.7 Å². The third kappa shape index (κ3) is 2.58. The van der Waals surface area contributed by atoms with E-state index in [0.29, 0.717) is 18.1 Å². The van der Waals surface area contributed by atoms with Gasteiger partial charge in [0.2, 0.25) is 0 Å².